The Bertz CT molecular complexity index is 597. The number of nitrogens with zero attached hydrogens (tertiary/aromatic N) is 1. The van der Waals surface area contributed by atoms with Crippen LogP contribution in [0.3, 0.4) is 0 Å². The summed E-state index contributed by atoms with van der Waals surface area (Å²) in [6.45, 7) is 3.85. The van der Waals surface area contributed by atoms with Crippen LogP contribution in [-0.4, -0.2) is 11.5 Å². The van der Waals surface area contributed by atoms with Crippen molar-refractivity contribution >= 4 is 0 Å². The molecule has 2 aromatic rings. The van der Waals surface area contributed by atoms with Crippen LogP contribution < -0.4 is 10.1 Å². The van der Waals surface area contributed by atoms with Gasteiger partial charge >= 0.3 is 0 Å². The lowest BCUT2D eigenvalue weighted by Gasteiger charge is -2.26. The first-order valence-corrected chi connectivity index (χ1v) is 7.77. The largest absolute Gasteiger partial charge is 0.469 e. The van der Waals surface area contributed by atoms with Gasteiger partial charge in [0.05, 0.1) is 0 Å². The van der Waals surface area contributed by atoms with E-state index < -0.39 is 0 Å². The van der Waals surface area contributed by atoms with Crippen LogP contribution in [0.1, 0.15) is 42.6 Å². The van der Waals surface area contributed by atoms with Crippen molar-refractivity contribution in [3.8, 4) is 5.88 Å². The fraction of sp³-hybridized carbons (Fsp3) is 0.389. The molecule has 0 spiro atoms. The number of aryl methyl sites for hydroxylation is 1. The Morgan fingerprint density at radius 1 is 1.24 bits per heavy atom. The number of hydrogen-bond acceptors (Lipinski definition) is 3. The number of hydrogen-bond donors (Lipinski definition) is 1. The lowest BCUT2D eigenvalue weighted by atomic mass is 9.89. The average Bonchev–Trinajstić information content (AvgIpc) is 2.54. The van der Waals surface area contributed by atoms with E-state index in [9.17, 15) is 0 Å². The van der Waals surface area contributed by atoms with E-state index in [4.69, 9.17) is 4.74 Å². The van der Waals surface area contributed by atoms with Crippen molar-refractivity contribution in [1.82, 2.24) is 10.3 Å². The summed E-state index contributed by atoms with van der Waals surface area (Å²) in [6.07, 6.45) is 5.33. The zero-order valence-corrected chi connectivity index (χ0v) is 12.5. The van der Waals surface area contributed by atoms with E-state index in [0.717, 1.165) is 37.4 Å². The number of fused-ring (bicyclic) bond motifs is 1. The van der Waals surface area contributed by atoms with Gasteiger partial charge in [0, 0.05) is 18.3 Å². The highest BCUT2D eigenvalue weighted by atomic mass is 16.5. The van der Waals surface area contributed by atoms with Crippen molar-refractivity contribution in [2.24, 2.45) is 0 Å². The van der Waals surface area contributed by atoms with E-state index in [1.165, 1.54) is 17.5 Å². The number of aromatic nitrogens is 1. The molecule has 0 saturated heterocycles. The van der Waals surface area contributed by atoms with E-state index in [1.54, 1.807) is 6.20 Å². The fourth-order valence-electron chi connectivity index (χ4n) is 2.89. The maximum absolute atomic E-state index is 6.26. The van der Waals surface area contributed by atoms with Gasteiger partial charge in [0.2, 0.25) is 5.88 Å². The van der Waals surface area contributed by atoms with Crippen LogP contribution in [0.15, 0.2) is 42.6 Å². The standard InChI is InChI=1S/C18H22N2O/c1-2-19-13-15-9-6-12-20-18(15)21-17-11-5-8-14-7-3-4-10-16(14)17/h3-4,6-7,9-10,12,17,19H,2,5,8,11,13H2,1H3. The lowest BCUT2D eigenvalue weighted by Crippen LogP contribution is -2.18. The van der Waals surface area contributed by atoms with Crippen LogP contribution in [0.4, 0.5) is 0 Å². The topological polar surface area (TPSA) is 34.2 Å². The Hall–Kier alpha value is -1.87. The molecule has 3 heteroatoms. The molecule has 3 nitrogen and oxygen atoms in total. The van der Waals surface area contributed by atoms with Crippen molar-refractivity contribution in [3.63, 3.8) is 0 Å². The second kappa shape index (κ2) is 6.72. The summed E-state index contributed by atoms with van der Waals surface area (Å²) in [4.78, 5) is 4.44. The number of benzene rings is 1. The van der Waals surface area contributed by atoms with Gasteiger partial charge in [-0.1, -0.05) is 37.3 Å². The first kappa shape index (κ1) is 14.1. The lowest BCUT2D eigenvalue weighted by molar-refractivity contribution is 0.173. The van der Waals surface area contributed by atoms with Crippen LogP contribution in [-0.2, 0) is 13.0 Å². The van der Waals surface area contributed by atoms with Crippen LogP contribution in [0.5, 0.6) is 5.88 Å². The van der Waals surface area contributed by atoms with Crippen molar-refractivity contribution in [3.05, 3.63) is 59.3 Å². The molecule has 1 unspecified atom stereocenters. The van der Waals surface area contributed by atoms with Crippen LogP contribution >= 0.6 is 0 Å². The number of nitrogens with one attached hydrogen (secondary N) is 1. The molecule has 0 aliphatic heterocycles. The molecule has 1 aliphatic rings. The Labute approximate surface area is 126 Å². The van der Waals surface area contributed by atoms with Gasteiger partial charge in [-0.25, -0.2) is 4.98 Å². The van der Waals surface area contributed by atoms with Crippen molar-refractivity contribution in [2.45, 2.75) is 38.8 Å². The smallest absolute Gasteiger partial charge is 0.218 e. The average molecular weight is 282 g/mol. The molecule has 110 valence electrons. The maximum atomic E-state index is 6.26. The van der Waals surface area contributed by atoms with E-state index in [2.05, 4.69) is 47.6 Å². The second-order valence-corrected chi connectivity index (χ2v) is 5.45. The molecule has 0 fully saturated rings. The normalized spacial score (nSPS) is 17.3. The molecule has 3 rings (SSSR count). The quantitative estimate of drug-likeness (QED) is 0.909. The van der Waals surface area contributed by atoms with E-state index in [0.29, 0.717) is 0 Å². The van der Waals surface area contributed by atoms with Gasteiger partial charge in [-0.2, -0.15) is 0 Å². The minimum absolute atomic E-state index is 0.130. The van der Waals surface area contributed by atoms with Gasteiger partial charge in [0.15, 0.2) is 0 Å². The molecule has 0 radical (unpaired) electrons. The molecule has 0 bridgehead atoms. The van der Waals surface area contributed by atoms with Gasteiger partial charge in [-0.05, 0) is 43.0 Å². The third-order valence-corrected chi connectivity index (χ3v) is 3.98. The minimum Gasteiger partial charge on any atom is -0.469 e. The van der Waals surface area contributed by atoms with Crippen LogP contribution in [0.2, 0.25) is 0 Å². The van der Waals surface area contributed by atoms with E-state index in [-0.39, 0.29) is 6.10 Å². The fourth-order valence-corrected chi connectivity index (χ4v) is 2.89. The zero-order valence-electron chi connectivity index (χ0n) is 12.5. The highest BCUT2D eigenvalue weighted by Gasteiger charge is 2.22. The molecule has 1 heterocycles. The highest BCUT2D eigenvalue weighted by Crippen LogP contribution is 2.33. The Balaban J connectivity index is 1.81. The predicted octanol–water partition coefficient (Wildman–Crippen LogP) is 3.65. The molecule has 1 N–H and O–H groups in total. The molecule has 0 saturated carbocycles. The zero-order chi connectivity index (χ0) is 14.5. The SMILES string of the molecule is CCNCc1cccnc1OC1CCCc2ccccc21. The summed E-state index contributed by atoms with van der Waals surface area (Å²) in [5, 5.41) is 3.34. The number of ether oxygens (including phenoxy) is 1. The monoisotopic (exact) mass is 282 g/mol. The van der Waals surface area contributed by atoms with Gasteiger partial charge in [-0.3, -0.25) is 0 Å². The molecule has 1 aromatic carbocycles. The third kappa shape index (κ3) is 3.24. The van der Waals surface area contributed by atoms with E-state index >= 15 is 0 Å². The summed E-state index contributed by atoms with van der Waals surface area (Å²) < 4.78 is 6.26. The summed E-state index contributed by atoms with van der Waals surface area (Å²) in [6, 6.07) is 12.7. The molecular weight excluding hydrogens is 260 g/mol. The predicted molar refractivity (Wildman–Crippen MR) is 84.4 cm³/mol. The molecular formula is C18H22N2O. The maximum Gasteiger partial charge on any atom is 0.218 e. The second-order valence-electron chi connectivity index (χ2n) is 5.45. The summed E-state index contributed by atoms with van der Waals surface area (Å²) in [5.74, 6) is 0.764. The summed E-state index contributed by atoms with van der Waals surface area (Å²) in [5.41, 5.74) is 3.86. The van der Waals surface area contributed by atoms with Crippen molar-refractivity contribution in [2.75, 3.05) is 6.54 Å². The van der Waals surface area contributed by atoms with E-state index in [1.807, 2.05) is 6.07 Å². The molecule has 1 aromatic heterocycles. The van der Waals surface area contributed by atoms with Gasteiger partial charge in [-0.15, -0.1) is 0 Å². The summed E-state index contributed by atoms with van der Waals surface area (Å²) >= 11 is 0. The Morgan fingerprint density at radius 3 is 3.05 bits per heavy atom. The highest BCUT2D eigenvalue weighted by molar-refractivity contribution is 5.33. The molecule has 21 heavy (non-hydrogen) atoms. The molecule has 0 amide bonds. The first-order chi connectivity index (χ1) is 10.4. The van der Waals surface area contributed by atoms with Crippen LogP contribution in [0.25, 0.3) is 0 Å². The first-order valence-electron chi connectivity index (χ1n) is 7.77. The van der Waals surface area contributed by atoms with Crippen molar-refractivity contribution < 1.29 is 4.74 Å². The minimum atomic E-state index is 0.130. The molecule has 1 atom stereocenters. The van der Waals surface area contributed by atoms with Gasteiger partial charge in [0.1, 0.15) is 6.10 Å². The van der Waals surface area contributed by atoms with Gasteiger partial charge in [0.25, 0.3) is 0 Å². The van der Waals surface area contributed by atoms with Crippen molar-refractivity contribution in [1.29, 1.82) is 0 Å². The Kier molecular flexibility index (Phi) is 4.51. The van der Waals surface area contributed by atoms with Gasteiger partial charge < -0.3 is 10.1 Å². The summed E-state index contributed by atoms with van der Waals surface area (Å²) in [7, 11) is 0. The number of pyridine rings is 1. The number of rotatable bonds is 5. The Morgan fingerprint density at radius 2 is 2.14 bits per heavy atom. The molecule has 1 aliphatic carbocycles. The third-order valence-electron chi connectivity index (χ3n) is 3.98. The van der Waals surface area contributed by atoms with Crippen LogP contribution in [0, 0.1) is 0 Å².